The van der Waals surface area contributed by atoms with Crippen LogP contribution in [0.4, 0.5) is 0 Å². The van der Waals surface area contributed by atoms with Gasteiger partial charge in [0.1, 0.15) is 6.54 Å². The molecule has 1 aromatic rings. The normalized spacial score (nSPS) is 15.4. The van der Waals surface area contributed by atoms with Gasteiger partial charge in [-0.2, -0.15) is 5.84 Å². The van der Waals surface area contributed by atoms with Crippen LogP contribution in [0.25, 0.3) is 0 Å². The summed E-state index contributed by atoms with van der Waals surface area (Å²) in [5, 5.41) is 0.797. The van der Waals surface area contributed by atoms with E-state index in [1.165, 1.54) is 0 Å². The van der Waals surface area contributed by atoms with E-state index in [9.17, 15) is 0 Å². The lowest BCUT2D eigenvalue weighted by molar-refractivity contribution is -0.932. The molecule has 0 aliphatic rings. The summed E-state index contributed by atoms with van der Waals surface area (Å²) in [4.78, 5) is 0. The molecule has 13 heavy (non-hydrogen) atoms. The Labute approximate surface area is 84.5 Å². The molecule has 0 aromatic heterocycles. The average molecular weight is 200 g/mol. The Morgan fingerprint density at radius 1 is 1.38 bits per heavy atom. The van der Waals surface area contributed by atoms with Gasteiger partial charge in [0, 0.05) is 10.6 Å². The zero-order valence-corrected chi connectivity index (χ0v) is 8.88. The second kappa shape index (κ2) is 4.09. The van der Waals surface area contributed by atoms with Gasteiger partial charge in [0.15, 0.2) is 0 Å². The minimum atomic E-state index is 0.476. The second-order valence-corrected chi connectivity index (χ2v) is 3.95. The van der Waals surface area contributed by atoms with E-state index in [-0.39, 0.29) is 0 Å². The van der Waals surface area contributed by atoms with Gasteiger partial charge in [0.2, 0.25) is 0 Å². The van der Waals surface area contributed by atoms with E-state index in [1.807, 2.05) is 31.3 Å². The number of nitrogens with zero attached hydrogens (tertiary/aromatic N) is 1. The highest BCUT2D eigenvalue weighted by molar-refractivity contribution is 6.31. The third-order valence-corrected chi connectivity index (χ3v) is 2.58. The number of hydrogen-bond acceptors (Lipinski definition) is 1. The van der Waals surface area contributed by atoms with Crippen molar-refractivity contribution in [2.45, 2.75) is 13.5 Å². The van der Waals surface area contributed by atoms with Crippen LogP contribution in [0.15, 0.2) is 24.3 Å². The molecule has 0 heterocycles. The van der Waals surface area contributed by atoms with Gasteiger partial charge in [-0.15, -0.1) is 0 Å². The molecule has 0 spiro atoms. The summed E-state index contributed by atoms with van der Waals surface area (Å²) in [6, 6.07) is 7.82. The standard InChI is InChI=1S/C10H16ClN2/c1-3-13(2,12)8-9-6-4-5-7-10(9)11/h4-7H,3,8,12H2,1-2H3/q+1. The van der Waals surface area contributed by atoms with E-state index >= 15 is 0 Å². The van der Waals surface area contributed by atoms with E-state index in [2.05, 4.69) is 6.92 Å². The predicted molar refractivity (Wildman–Crippen MR) is 56.1 cm³/mol. The fourth-order valence-electron chi connectivity index (χ4n) is 1.13. The molecule has 0 aliphatic heterocycles. The third kappa shape index (κ3) is 2.99. The minimum Gasteiger partial charge on any atom is -0.247 e. The second-order valence-electron chi connectivity index (χ2n) is 3.55. The fourth-order valence-corrected chi connectivity index (χ4v) is 1.32. The van der Waals surface area contributed by atoms with Crippen LogP contribution in [0, 0.1) is 0 Å². The number of rotatable bonds is 3. The van der Waals surface area contributed by atoms with E-state index in [4.69, 9.17) is 17.4 Å². The van der Waals surface area contributed by atoms with Gasteiger partial charge in [0.05, 0.1) is 13.6 Å². The quantitative estimate of drug-likeness (QED) is 0.451. The van der Waals surface area contributed by atoms with Crippen LogP contribution in [0.3, 0.4) is 0 Å². The highest BCUT2D eigenvalue weighted by atomic mass is 35.5. The van der Waals surface area contributed by atoms with Crippen molar-refractivity contribution in [2.24, 2.45) is 5.84 Å². The fraction of sp³-hybridized carbons (Fsp3) is 0.400. The Kier molecular flexibility index (Phi) is 3.31. The first-order valence-electron chi connectivity index (χ1n) is 4.41. The highest BCUT2D eigenvalue weighted by Gasteiger charge is 2.15. The molecule has 0 bridgehead atoms. The van der Waals surface area contributed by atoms with Crippen molar-refractivity contribution in [3.8, 4) is 0 Å². The van der Waals surface area contributed by atoms with E-state index in [0.717, 1.165) is 23.7 Å². The lowest BCUT2D eigenvalue weighted by Crippen LogP contribution is -2.49. The summed E-state index contributed by atoms with van der Waals surface area (Å²) >= 11 is 6.02. The maximum atomic E-state index is 6.02. The first-order valence-corrected chi connectivity index (χ1v) is 4.79. The van der Waals surface area contributed by atoms with Crippen molar-refractivity contribution in [1.82, 2.24) is 0 Å². The molecule has 0 saturated carbocycles. The number of halogens is 1. The lowest BCUT2D eigenvalue weighted by Gasteiger charge is -2.26. The molecule has 2 nitrogen and oxygen atoms in total. The van der Waals surface area contributed by atoms with Crippen LogP contribution >= 0.6 is 11.6 Å². The Morgan fingerprint density at radius 2 is 2.00 bits per heavy atom. The van der Waals surface area contributed by atoms with Gasteiger partial charge < -0.3 is 0 Å². The SMILES string of the molecule is CC[N+](C)(N)Cc1ccccc1Cl. The van der Waals surface area contributed by atoms with Crippen LogP contribution in [0.2, 0.25) is 5.02 Å². The minimum absolute atomic E-state index is 0.476. The Hall–Kier alpha value is -0.570. The zero-order chi connectivity index (χ0) is 9.90. The van der Waals surface area contributed by atoms with Crippen LogP contribution in [0.5, 0.6) is 0 Å². The molecule has 1 unspecified atom stereocenters. The van der Waals surface area contributed by atoms with Gasteiger partial charge in [-0.3, -0.25) is 0 Å². The first-order chi connectivity index (χ1) is 6.05. The van der Waals surface area contributed by atoms with E-state index in [1.54, 1.807) is 0 Å². The van der Waals surface area contributed by atoms with Crippen LogP contribution in [-0.2, 0) is 6.54 Å². The Bertz CT molecular complexity index is 284. The van der Waals surface area contributed by atoms with Crippen molar-refractivity contribution in [2.75, 3.05) is 13.6 Å². The van der Waals surface area contributed by atoms with Crippen molar-refractivity contribution < 1.29 is 4.59 Å². The summed E-state index contributed by atoms with van der Waals surface area (Å²) < 4.78 is 0.476. The average Bonchev–Trinajstić information content (AvgIpc) is 2.09. The van der Waals surface area contributed by atoms with Crippen molar-refractivity contribution >= 4 is 11.6 Å². The van der Waals surface area contributed by atoms with Crippen LogP contribution < -0.4 is 5.84 Å². The van der Waals surface area contributed by atoms with E-state index < -0.39 is 0 Å². The molecule has 72 valence electrons. The molecular weight excluding hydrogens is 184 g/mol. The molecular formula is C10H16ClN2+. The van der Waals surface area contributed by atoms with Crippen molar-refractivity contribution in [3.63, 3.8) is 0 Å². The molecule has 0 aliphatic carbocycles. The molecule has 1 atom stereocenters. The summed E-state index contributed by atoms with van der Waals surface area (Å²) in [5.74, 6) is 6.00. The molecule has 3 heteroatoms. The molecule has 1 aromatic carbocycles. The molecule has 2 N–H and O–H groups in total. The smallest absolute Gasteiger partial charge is 0.123 e. The summed E-state index contributed by atoms with van der Waals surface area (Å²) in [7, 11) is 1.99. The Morgan fingerprint density at radius 3 is 2.54 bits per heavy atom. The number of quaternary nitrogens is 1. The summed E-state index contributed by atoms with van der Waals surface area (Å²) in [6.07, 6.45) is 0. The molecule has 0 fully saturated rings. The topological polar surface area (TPSA) is 26.0 Å². The maximum Gasteiger partial charge on any atom is 0.123 e. The van der Waals surface area contributed by atoms with Crippen molar-refractivity contribution in [3.05, 3.63) is 34.9 Å². The van der Waals surface area contributed by atoms with Crippen LogP contribution in [0.1, 0.15) is 12.5 Å². The van der Waals surface area contributed by atoms with Gasteiger partial charge in [-0.05, 0) is 13.0 Å². The maximum absolute atomic E-state index is 6.02. The monoisotopic (exact) mass is 199 g/mol. The number of nitrogens with two attached hydrogens (primary N) is 1. The summed E-state index contributed by atoms with van der Waals surface area (Å²) in [6.45, 7) is 3.73. The number of hydrogen-bond donors (Lipinski definition) is 1. The predicted octanol–water partition coefficient (Wildman–Crippen LogP) is 2.18. The molecule has 1 rings (SSSR count). The van der Waals surface area contributed by atoms with Crippen LogP contribution in [-0.4, -0.2) is 18.2 Å². The molecule has 0 amide bonds. The van der Waals surface area contributed by atoms with Gasteiger partial charge in [0.25, 0.3) is 0 Å². The van der Waals surface area contributed by atoms with E-state index in [0.29, 0.717) is 4.59 Å². The lowest BCUT2D eigenvalue weighted by atomic mass is 10.2. The van der Waals surface area contributed by atoms with Crippen molar-refractivity contribution in [1.29, 1.82) is 0 Å². The zero-order valence-electron chi connectivity index (χ0n) is 8.13. The van der Waals surface area contributed by atoms with Gasteiger partial charge >= 0.3 is 0 Å². The first kappa shape index (κ1) is 10.5. The third-order valence-electron chi connectivity index (χ3n) is 2.21. The largest absolute Gasteiger partial charge is 0.247 e. The number of benzene rings is 1. The highest BCUT2D eigenvalue weighted by Crippen LogP contribution is 2.17. The Balaban J connectivity index is 2.80. The molecule has 0 saturated heterocycles. The van der Waals surface area contributed by atoms with Gasteiger partial charge in [-0.25, -0.2) is 4.59 Å². The van der Waals surface area contributed by atoms with Gasteiger partial charge in [-0.1, -0.05) is 29.8 Å². The summed E-state index contributed by atoms with van der Waals surface area (Å²) in [5.41, 5.74) is 1.11. The molecule has 0 radical (unpaired) electrons.